The van der Waals surface area contributed by atoms with E-state index in [-0.39, 0.29) is 5.92 Å². The molecule has 1 aliphatic carbocycles. The van der Waals surface area contributed by atoms with Gasteiger partial charge in [-0.3, -0.25) is 4.90 Å². The predicted molar refractivity (Wildman–Crippen MR) is 60.2 cm³/mol. The van der Waals surface area contributed by atoms with Gasteiger partial charge in [0.1, 0.15) is 6.29 Å². The fraction of sp³-hybridized carbons (Fsp3) is 0.818. The van der Waals surface area contributed by atoms with E-state index in [2.05, 4.69) is 20.4 Å². The SMILES string of the molecule is O=CC1CCCN(Cc2nnnn2C2CC2)C1. The second-order valence-electron chi connectivity index (χ2n) is 5.04. The second-order valence-corrected chi connectivity index (χ2v) is 5.04. The van der Waals surface area contributed by atoms with Gasteiger partial charge < -0.3 is 4.79 Å². The zero-order chi connectivity index (χ0) is 11.7. The van der Waals surface area contributed by atoms with Crippen molar-refractivity contribution >= 4 is 6.29 Å². The lowest BCUT2D eigenvalue weighted by Gasteiger charge is -2.29. The summed E-state index contributed by atoms with van der Waals surface area (Å²) in [6, 6.07) is 0.520. The lowest BCUT2D eigenvalue weighted by molar-refractivity contribution is -0.112. The van der Waals surface area contributed by atoms with Crippen molar-refractivity contribution < 1.29 is 4.79 Å². The number of piperidine rings is 1. The van der Waals surface area contributed by atoms with E-state index in [0.29, 0.717) is 6.04 Å². The summed E-state index contributed by atoms with van der Waals surface area (Å²) in [4.78, 5) is 13.1. The van der Waals surface area contributed by atoms with Gasteiger partial charge in [-0.15, -0.1) is 5.10 Å². The first-order valence-corrected chi connectivity index (χ1v) is 6.31. The zero-order valence-electron chi connectivity index (χ0n) is 9.83. The van der Waals surface area contributed by atoms with E-state index in [1.54, 1.807) is 0 Å². The minimum absolute atomic E-state index is 0.189. The Labute approximate surface area is 100.0 Å². The van der Waals surface area contributed by atoms with E-state index < -0.39 is 0 Å². The van der Waals surface area contributed by atoms with Crippen LogP contribution >= 0.6 is 0 Å². The zero-order valence-corrected chi connectivity index (χ0v) is 9.83. The van der Waals surface area contributed by atoms with Gasteiger partial charge in [-0.25, -0.2) is 4.68 Å². The number of hydrogen-bond acceptors (Lipinski definition) is 5. The lowest BCUT2D eigenvalue weighted by Crippen LogP contribution is -2.36. The van der Waals surface area contributed by atoms with Crippen LogP contribution in [-0.4, -0.2) is 44.5 Å². The van der Waals surface area contributed by atoms with Crippen LogP contribution < -0.4 is 0 Å². The van der Waals surface area contributed by atoms with Crippen molar-refractivity contribution in [3.05, 3.63) is 5.82 Å². The molecule has 0 N–H and O–H groups in total. The summed E-state index contributed by atoms with van der Waals surface area (Å²) in [5.41, 5.74) is 0. The normalized spacial score (nSPS) is 26.0. The molecule has 0 radical (unpaired) electrons. The van der Waals surface area contributed by atoms with Gasteiger partial charge in [0.25, 0.3) is 0 Å². The number of aldehydes is 1. The highest BCUT2D eigenvalue weighted by molar-refractivity contribution is 5.53. The lowest BCUT2D eigenvalue weighted by atomic mass is 10.00. The van der Waals surface area contributed by atoms with Gasteiger partial charge in [0, 0.05) is 12.5 Å². The first-order chi connectivity index (χ1) is 8.36. The minimum atomic E-state index is 0.189. The van der Waals surface area contributed by atoms with Gasteiger partial charge in [0.05, 0.1) is 12.6 Å². The molecule has 3 rings (SSSR count). The van der Waals surface area contributed by atoms with Crippen molar-refractivity contribution in [2.24, 2.45) is 5.92 Å². The Morgan fingerprint density at radius 1 is 1.35 bits per heavy atom. The van der Waals surface area contributed by atoms with Crippen LogP contribution in [0.5, 0.6) is 0 Å². The molecule has 1 atom stereocenters. The molecule has 2 fully saturated rings. The number of carbonyl (C=O) groups excluding carboxylic acids is 1. The molecule has 6 heteroatoms. The molecule has 17 heavy (non-hydrogen) atoms. The van der Waals surface area contributed by atoms with Crippen LogP contribution in [0.3, 0.4) is 0 Å². The quantitative estimate of drug-likeness (QED) is 0.708. The van der Waals surface area contributed by atoms with Crippen molar-refractivity contribution in [1.29, 1.82) is 0 Å². The van der Waals surface area contributed by atoms with Gasteiger partial charge >= 0.3 is 0 Å². The third kappa shape index (κ3) is 2.36. The van der Waals surface area contributed by atoms with Crippen molar-refractivity contribution in [2.75, 3.05) is 13.1 Å². The number of carbonyl (C=O) groups is 1. The molecule has 92 valence electrons. The van der Waals surface area contributed by atoms with E-state index in [4.69, 9.17) is 0 Å². The molecule has 0 aromatic carbocycles. The fourth-order valence-corrected chi connectivity index (χ4v) is 2.47. The molecule has 1 aromatic rings. The first kappa shape index (κ1) is 10.8. The molecule has 0 spiro atoms. The third-order valence-electron chi connectivity index (χ3n) is 3.55. The topological polar surface area (TPSA) is 63.9 Å². The van der Waals surface area contributed by atoms with Crippen LogP contribution in [0.1, 0.15) is 37.5 Å². The maximum Gasteiger partial charge on any atom is 0.165 e. The van der Waals surface area contributed by atoms with Gasteiger partial charge in [-0.05, 0) is 42.7 Å². The summed E-state index contributed by atoms with van der Waals surface area (Å²) in [6.45, 7) is 2.66. The van der Waals surface area contributed by atoms with E-state index >= 15 is 0 Å². The van der Waals surface area contributed by atoms with E-state index in [9.17, 15) is 4.79 Å². The molecule has 1 aliphatic heterocycles. The number of rotatable bonds is 4. The Morgan fingerprint density at radius 2 is 2.24 bits per heavy atom. The summed E-state index contributed by atoms with van der Waals surface area (Å²) < 4.78 is 1.95. The molecule has 0 bridgehead atoms. The largest absolute Gasteiger partial charge is 0.303 e. The van der Waals surface area contributed by atoms with Crippen LogP contribution in [0.4, 0.5) is 0 Å². The number of tetrazole rings is 1. The molecule has 2 aliphatic rings. The summed E-state index contributed by atoms with van der Waals surface area (Å²) >= 11 is 0. The Kier molecular flexibility index (Phi) is 2.88. The van der Waals surface area contributed by atoms with Gasteiger partial charge in [0.15, 0.2) is 5.82 Å². The Morgan fingerprint density at radius 3 is 3.00 bits per heavy atom. The van der Waals surface area contributed by atoms with E-state index in [1.807, 2.05) is 4.68 Å². The van der Waals surface area contributed by atoms with Crippen LogP contribution in [0, 0.1) is 5.92 Å². The molecule has 6 nitrogen and oxygen atoms in total. The molecule has 1 saturated heterocycles. The molecular formula is C11H17N5O. The Bertz CT molecular complexity index is 400. The number of nitrogens with zero attached hydrogens (tertiary/aromatic N) is 5. The number of aromatic nitrogens is 4. The second kappa shape index (κ2) is 4.52. The molecule has 1 saturated carbocycles. The number of hydrogen-bond donors (Lipinski definition) is 0. The average Bonchev–Trinajstić information content (AvgIpc) is 3.11. The maximum atomic E-state index is 10.8. The van der Waals surface area contributed by atoms with Crippen molar-refractivity contribution in [3.8, 4) is 0 Å². The van der Waals surface area contributed by atoms with Crippen LogP contribution in [0.15, 0.2) is 0 Å². The van der Waals surface area contributed by atoms with Crippen molar-refractivity contribution in [2.45, 2.75) is 38.3 Å². The highest BCUT2D eigenvalue weighted by Gasteiger charge is 2.29. The number of likely N-dealkylation sites (tertiary alicyclic amines) is 1. The average molecular weight is 235 g/mol. The molecule has 2 heterocycles. The standard InChI is InChI=1S/C11H17N5O/c17-8-9-2-1-5-15(6-9)7-11-12-13-14-16(11)10-3-4-10/h8-10H,1-7H2. The molecular weight excluding hydrogens is 218 g/mol. The van der Waals surface area contributed by atoms with Crippen LogP contribution in [0.2, 0.25) is 0 Å². The third-order valence-corrected chi connectivity index (χ3v) is 3.55. The first-order valence-electron chi connectivity index (χ1n) is 6.31. The summed E-state index contributed by atoms with van der Waals surface area (Å²) in [5, 5.41) is 11.9. The predicted octanol–water partition coefficient (Wildman–Crippen LogP) is 0.419. The Hall–Kier alpha value is -1.30. The monoisotopic (exact) mass is 235 g/mol. The van der Waals surface area contributed by atoms with E-state index in [0.717, 1.165) is 44.6 Å². The molecule has 1 unspecified atom stereocenters. The summed E-state index contributed by atoms with van der Waals surface area (Å²) in [6.07, 6.45) is 5.57. The van der Waals surface area contributed by atoms with Gasteiger partial charge in [-0.1, -0.05) is 0 Å². The smallest absolute Gasteiger partial charge is 0.165 e. The van der Waals surface area contributed by atoms with Crippen LogP contribution in [0.25, 0.3) is 0 Å². The van der Waals surface area contributed by atoms with Gasteiger partial charge in [-0.2, -0.15) is 0 Å². The van der Waals surface area contributed by atoms with Crippen molar-refractivity contribution in [3.63, 3.8) is 0 Å². The Balaban J connectivity index is 1.65. The van der Waals surface area contributed by atoms with Crippen molar-refractivity contribution in [1.82, 2.24) is 25.1 Å². The van der Waals surface area contributed by atoms with E-state index in [1.165, 1.54) is 12.8 Å². The minimum Gasteiger partial charge on any atom is -0.303 e. The van der Waals surface area contributed by atoms with Gasteiger partial charge in [0.2, 0.25) is 0 Å². The summed E-state index contributed by atoms with van der Waals surface area (Å²) in [7, 11) is 0. The van der Waals surface area contributed by atoms with Crippen LogP contribution in [-0.2, 0) is 11.3 Å². The highest BCUT2D eigenvalue weighted by Crippen LogP contribution is 2.34. The molecule has 1 aromatic heterocycles. The maximum absolute atomic E-state index is 10.8. The summed E-state index contributed by atoms with van der Waals surface area (Å²) in [5.74, 6) is 1.13. The molecule has 0 amide bonds. The fourth-order valence-electron chi connectivity index (χ4n) is 2.47. The highest BCUT2D eigenvalue weighted by atomic mass is 16.1.